The number of rotatable bonds is 10. The number of benzene rings is 3. The maximum absolute atomic E-state index is 14.9. The van der Waals surface area contributed by atoms with Gasteiger partial charge in [-0.3, -0.25) is 4.79 Å². The van der Waals surface area contributed by atoms with Crippen LogP contribution < -0.4 is 9.47 Å². The highest BCUT2D eigenvalue weighted by molar-refractivity contribution is 7.59. The van der Waals surface area contributed by atoms with Crippen molar-refractivity contribution < 1.29 is 32.5 Å². The number of hydrogen-bond donors (Lipinski definition) is 1. The fourth-order valence-corrected chi connectivity index (χ4v) is 4.66. The highest BCUT2D eigenvalue weighted by Crippen LogP contribution is 2.45. The summed E-state index contributed by atoms with van der Waals surface area (Å²) in [6.45, 7) is -0.0474. The fraction of sp³-hybridized carbons (Fsp3) is 0.241. The molecule has 6 nitrogen and oxygen atoms in total. The van der Waals surface area contributed by atoms with Crippen LogP contribution >= 0.6 is 13.5 Å². The van der Waals surface area contributed by atoms with Crippen LogP contribution in [0.25, 0.3) is 16.9 Å². The first-order valence-corrected chi connectivity index (χ1v) is 12.1. The van der Waals surface area contributed by atoms with E-state index in [1.54, 1.807) is 12.1 Å². The van der Waals surface area contributed by atoms with E-state index in [1.165, 1.54) is 42.3 Å². The summed E-state index contributed by atoms with van der Waals surface area (Å²) in [4.78, 5) is 11.4. The number of carboxylic acid groups (broad SMARTS) is 1. The maximum atomic E-state index is 14.9. The SMILES string of the molecule is COc1ccc(F)c(-n2ncc(COc3cccc([C@@H](CC(=O)O)C4CC4)c3)c2-c2ccc(F)cc2F)c1.S. The molecule has 10 heteroatoms. The molecule has 0 radical (unpaired) electrons. The number of halogens is 3. The van der Waals surface area contributed by atoms with E-state index in [4.69, 9.17) is 9.47 Å². The second-order valence-corrected chi connectivity index (χ2v) is 9.27. The Morgan fingerprint density at radius 3 is 2.54 bits per heavy atom. The van der Waals surface area contributed by atoms with E-state index < -0.39 is 23.4 Å². The molecule has 1 aliphatic rings. The molecule has 1 aromatic heterocycles. The molecule has 1 heterocycles. The Bertz CT molecular complexity index is 1490. The van der Waals surface area contributed by atoms with Gasteiger partial charge in [-0.05, 0) is 66.6 Å². The Hall–Kier alpha value is -3.92. The van der Waals surface area contributed by atoms with Gasteiger partial charge in [0.1, 0.15) is 41.2 Å². The van der Waals surface area contributed by atoms with Crippen LogP contribution in [-0.4, -0.2) is 28.0 Å². The molecule has 1 aliphatic carbocycles. The Balaban J connectivity index is 0.00000353. The second kappa shape index (κ2) is 11.9. The summed E-state index contributed by atoms with van der Waals surface area (Å²) in [6.07, 6.45) is 3.48. The van der Waals surface area contributed by atoms with Gasteiger partial charge >= 0.3 is 5.97 Å². The molecule has 3 aromatic carbocycles. The van der Waals surface area contributed by atoms with Gasteiger partial charge in [0.25, 0.3) is 0 Å². The first-order chi connectivity index (χ1) is 18.3. The summed E-state index contributed by atoms with van der Waals surface area (Å²) < 4.78 is 55.9. The minimum atomic E-state index is -0.851. The molecule has 5 rings (SSSR count). The van der Waals surface area contributed by atoms with E-state index >= 15 is 0 Å². The third-order valence-corrected chi connectivity index (χ3v) is 6.68. The van der Waals surface area contributed by atoms with E-state index in [-0.39, 0.29) is 49.4 Å². The summed E-state index contributed by atoms with van der Waals surface area (Å²) >= 11 is 0. The number of aromatic nitrogens is 2. The molecule has 1 fully saturated rings. The monoisotopic (exact) mass is 556 g/mol. The molecule has 4 aromatic rings. The van der Waals surface area contributed by atoms with Crippen molar-refractivity contribution in [3.63, 3.8) is 0 Å². The topological polar surface area (TPSA) is 73.6 Å². The molecule has 0 bridgehead atoms. The smallest absolute Gasteiger partial charge is 0.303 e. The molecule has 39 heavy (non-hydrogen) atoms. The lowest BCUT2D eigenvalue weighted by Gasteiger charge is -2.16. The van der Waals surface area contributed by atoms with Crippen molar-refractivity contribution in [3.05, 3.63) is 95.4 Å². The molecule has 0 amide bonds. The van der Waals surface area contributed by atoms with Gasteiger partial charge in [-0.2, -0.15) is 18.6 Å². The molecule has 0 unspecified atom stereocenters. The van der Waals surface area contributed by atoms with Crippen molar-refractivity contribution in [3.8, 4) is 28.4 Å². The molecule has 204 valence electrons. The summed E-state index contributed by atoms with van der Waals surface area (Å²) in [5.74, 6) is -1.92. The molecule has 1 N–H and O–H groups in total. The summed E-state index contributed by atoms with van der Waals surface area (Å²) in [6, 6.07) is 14.5. The van der Waals surface area contributed by atoms with Gasteiger partial charge in [-0.25, -0.2) is 17.9 Å². The number of carboxylic acids is 1. The van der Waals surface area contributed by atoms with Crippen LogP contribution in [0.5, 0.6) is 11.5 Å². The normalized spacial score (nSPS) is 13.4. The van der Waals surface area contributed by atoms with Crippen LogP contribution in [0.15, 0.2) is 66.9 Å². The number of ether oxygens (including phenoxy) is 2. The molecule has 1 saturated carbocycles. The van der Waals surface area contributed by atoms with Crippen LogP contribution in [0.4, 0.5) is 13.2 Å². The third-order valence-electron chi connectivity index (χ3n) is 6.68. The Kier molecular flexibility index (Phi) is 8.54. The van der Waals surface area contributed by atoms with Gasteiger partial charge in [0, 0.05) is 23.3 Å². The quantitative estimate of drug-likeness (QED) is 0.238. The molecule has 0 aliphatic heterocycles. The van der Waals surface area contributed by atoms with E-state index in [1.807, 2.05) is 12.1 Å². The van der Waals surface area contributed by atoms with Crippen molar-refractivity contribution in [1.29, 1.82) is 0 Å². The number of nitrogens with zero attached hydrogens (tertiary/aromatic N) is 2. The zero-order chi connectivity index (χ0) is 26.8. The van der Waals surface area contributed by atoms with Gasteiger partial charge in [0.2, 0.25) is 0 Å². The average Bonchev–Trinajstić information content (AvgIpc) is 3.66. The van der Waals surface area contributed by atoms with Gasteiger partial charge in [0.05, 0.1) is 25.4 Å². The van der Waals surface area contributed by atoms with Crippen molar-refractivity contribution in [1.82, 2.24) is 9.78 Å². The highest BCUT2D eigenvalue weighted by Gasteiger charge is 2.34. The predicted molar refractivity (Wildman–Crippen MR) is 144 cm³/mol. The van der Waals surface area contributed by atoms with E-state index in [2.05, 4.69) is 5.10 Å². The van der Waals surface area contributed by atoms with Crippen molar-refractivity contribution >= 4 is 19.5 Å². The molecule has 1 atom stereocenters. The Morgan fingerprint density at radius 2 is 1.85 bits per heavy atom. The van der Waals surface area contributed by atoms with Crippen LogP contribution in [0.1, 0.15) is 36.3 Å². The average molecular weight is 557 g/mol. The second-order valence-electron chi connectivity index (χ2n) is 9.27. The predicted octanol–water partition coefficient (Wildman–Crippen LogP) is 6.63. The lowest BCUT2D eigenvalue weighted by atomic mass is 9.91. The maximum Gasteiger partial charge on any atom is 0.303 e. The van der Waals surface area contributed by atoms with E-state index in [0.29, 0.717) is 23.0 Å². The minimum Gasteiger partial charge on any atom is -0.497 e. The third kappa shape index (κ3) is 6.22. The number of hydrogen-bond acceptors (Lipinski definition) is 4. The van der Waals surface area contributed by atoms with Gasteiger partial charge in [0.15, 0.2) is 0 Å². The summed E-state index contributed by atoms with van der Waals surface area (Å²) in [5, 5.41) is 13.6. The van der Waals surface area contributed by atoms with Crippen LogP contribution in [0.3, 0.4) is 0 Å². The summed E-state index contributed by atoms with van der Waals surface area (Å²) in [5.41, 5.74) is 1.57. The first kappa shape index (κ1) is 28.1. The van der Waals surface area contributed by atoms with Gasteiger partial charge < -0.3 is 14.6 Å². The number of aliphatic carboxylic acids is 1. The molecule has 0 saturated heterocycles. The lowest BCUT2D eigenvalue weighted by molar-refractivity contribution is -0.137. The molecule has 0 spiro atoms. The molecular weight excluding hydrogens is 529 g/mol. The summed E-state index contributed by atoms with van der Waals surface area (Å²) in [7, 11) is 1.44. The van der Waals surface area contributed by atoms with Gasteiger partial charge in [-0.15, -0.1) is 0 Å². The van der Waals surface area contributed by atoms with Crippen molar-refractivity contribution in [2.75, 3.05) is 7.11 Å². The first-order valence-electron chi connectivity index (χ1n) is 12.1. The highest BCUT2D eigenvalue weighted by atomic mass is 32.1. The van der Waals surface area contributed by atoms with Crippen LogP contribution in [0.2, 0.25) is 0 Å². The van der Waals surface area contributed by atoms with Crippen LogP contribution in [0, 0.1) is 23.4 Å². The van der Waals surface area contributed by atoms with Crippen LogP contribution in [-0.2, 0) is 11.4 Å². The zero-order valence-electron chi connectivity index (χ0n) is 21.0. The van der Waals surface area contributed by atoms with Gasteiger partial charge in [-0.1, -0.05) is 12.1 Å². The van der Waals surface area contributed by atoms with E-state index in [9.17, 15) is 23.1 Å². The zero-order valence-corrected chi connectivity index (χ0v) is 22.0. The van der Waals surface area contributed by atoms with Crippen molar-refractivity contribution in [2.45, 2.75) is 31.8 Å². The number of methoxy groups -OCH3 is 1. The van der Waals surface area contributed by atoms with E-state index in [0.717, 1.165) is 30.5 Å². The van der Waals surface area contributed by atoms with Crippen molar-refractivity contribution in [2.24, 2.45) is 5.92 Å². The standard InChI is InChI=1S/C29H25F3N2O4.H2S/c1-37-21-8-10-25(31)27(13-21)34-29(23-9-7-20(30)12-26(23)32)19(15-33-34)16-38-22-4-2-3-18(11-22)24(14-28(35)36)17-5-6-17;/h2-4,7-13,15,17,24H,5-6,14,16H2,1H3,(H,35,36);1H2/t24-;/m0./s1. The minimum absolute atomic E-state index is 0. The largest absolute Gasteiger partial charge is 0.497 e. The molecular formula is C29H27F3N2O4S. The Morgan fingerprint density at radius 1 is 1.05 bits per heavy atom. The number of carbonyl (C=O) groups is 1. The Labute approximate surface area is 230 Å². The lowest BCUT2D eigenvalue weighted by Crippen LogP contribution is -2.08. The fourth-order valence-electron chi connectivity index (χ4n) is 4.66.